The van der Waals surface area contributed by atoms with E-state index in [4.69, 9.17) is 5.73 Å². The third-order valence-electron chi connectivity index (χ3n) is 2.61. The molecule has 2 rings (SSSR count). The van der Waals surface area contributed by atoms with Gasteiger partial charge in [-0.15, -0.1) is 11.3 Å². The molecule has 5 heteroatoms. The average Bonchev–Trinajstić information content (AvgIpc) is 2.82. The van der Waals surface area contributed by atoms with Crippen molar-refractivity contribution in [2.75, 3.05) is 18.0 Å². The van der Waals surface area contributed by atoms with Gasteiger partial charge in [0, 0.05) is 30.9 Å². The van der Waals surface area contributed by atoms with Crippen LogP contribution in [-0.4, -0.2) is 23.1 Å². The molecule has 18 heavy (non-hydrogen) atoms. The molecule has 0 spiro atoms. The number of nitrogens with two attached hydrogens (primary N) is 1. The van der Waals surface area contributed by atoms with Gasteiger partial charge in [0.2, 0.25) is 0 Å². The van der Waals surface area contributed by atoms with Gasteiger partial charge >= 0.3 is 0 Å². The smallest absolute Gasteiger partial charge is 0.185 e. The highest BCUT2D eigenvalue weighted by Gasteiger charge is 2.10. The molecule has 0 saturated carbocycles. The molecule has 0 fully saturated rings. The Morgan fingerprint density at radius 3 is 2.94 bits per heavy atom. The van der Waals surface area contributed by atoms with E-state index in [-0.39, 0.29) is 0 Å². The molecule has 0 aliphatic carbocycles. The first-order valence-electron chi connectivity index (χ1n) is 6.05. The first kappa shape index (κ1) is 13.0. The molecular weight excluding hydrogens is 244 g/mol. The van der Waals surface area contributed by atoms with Crippen molar-refractivity contribution in [3.8, 4) is 0 Å². The molecule has 0 saturated heterocycles. The Balaban J connectivity index is 2.10. The number of aryl methyl sites for hydroxylation is 1. The van der Waals surface area contributed by atoms with Gasteiger partial charge in [0.05, 0.1) is 5.69 Å². The number of hydrogen-bond donors (Lipinski definition) is 1. The fraction of sp³-hybridized carbons (Fsp3) is 0.385. The number of thiazole rings is 1. The first-order valence-corrected chi connectivity index (χ1v) is 6.93. The Morgan fingerprint density at radius 1 is 1.44 bits per heavy atom. The second-order valence-electron chi connectivity index (χ2n) is 4.20. The van der Waals surface area contributed by atoms with Crippen LogP contribution in [0.15, 0.2) is 29.9 Å². The van der Waals surface area contributed by atoms with E-state index in [1.807, 2.05) is 19.2 Å². The van der Waals surface area contributed by atoms with Crippen LogP contribution in [0, 0.1) is 6.92 Å². The molecule has 0 amide bonds. The van der Waals surface area contributed by atoms with Crippen molar-refractivity contribution in [2.45, 2.75) is 19.9 Å². The fourth-order valence-electron chi connectivity index (χ4n) is 1.72. The van der Waals surface area contributed by atoms with E-state index >= 15 is 0 Å². The van der Waals surface area contributed by atoms with Crippen molar-refractivity contribution >= 4 is 16.5 Å². The summed E-state index contributed by atoms with van der Waals surface area (Å²) in [5.74, 6) is 0. The van der Waals surface area contributed by atoms with Crippen LogP contribution >= 0.6 is 11.3 Å². The van der Waals surface area contributed by atoms with Gasteiger partial charge in [-0.25, -0.2) is 4.98 Å². The molecule has 2 N–H and O–H groups in total. The Morgan fingerprint density at radius 2 is 2.33 bits per heavy atom. The summed E-state index contributed by atoms with van der Waals surface area (Å²) in [5, 5.41) is 3.14. The number of aromatic nitrogens is 2. The zero-order chi connectivity index (χ0) is 12.8. The molecule has 0 radical (unpaired) electrons. The van der Waals surface area contributed by atoms with Crippen molar-refractivity contribution in [2.24, 2.45) is 5.73 Å². The van der Waals surface area contributed by atoms with E-state index in [1.54, 1.807) is 17.5 Å². The Hall–Kier alpha value is -1.46. The molecule has 96 valence electrons. The lowest BCUT2D eigenvalue weighted by atomic mass is 10.2. The van der Waals surface area contributed by atoms with Crippen molar-refractivity contribution in [3.05, 3.63) is 41.2 Å². The van der Waals surface area contributed by atoms with Crippen molar-refractivity contribution in [3.63, 3.8) is 0 Å². The Kier molecular flexibility index (Phi) is 4.66. The number of pyridine rings is 1. The van der Waals surface area contributed by atoms with Crippen molar-refractivity contribution in [1.29, 1.82) is 0 Å². The van der Waals surface area contributed by atoms with Crippen LogP contribution in [0.5, 0.6) is 0 Å². The van der Waals surface area contributed by atoms with Crippen molar-refractivity contribution < 1.29 is 0 Å². The SMILES string of the molecule is Cc1csc(N(CCCN)Cc2cccnc2)n1. The lowest BCUT2D eigenvalue weighted by Crippen LogP contribution is -2.25. The summed E-state index contributed by atoms with van der Waals surface area (Å²) in [5.41, 5.74) is 7.86. The minimum Gasteiger partial charge on any atom is -0.344 e. The highest BCUT2D eigenvalue weighted by atomic mass is 32.1. The number of nitrogens with zero attached hydrogens (tertiary/aromatic N) is 3. The molecular formula is C13H18N4S. The van der Waals surface area contributed by atoms with Gasteiger partial charge in [0.1, 0.15) is 0 Å². The normalized spacial score (nSPS) is 10.6. The zero-order valence-electron chi connectivity index (χ0n) is 10.5. The fourth-order valence-corrected chi connectivity index (χ4v) is 2.55. The highest BCUT2D eigenvalue weighted by molar-refractivity contribution is 7.13. The molecule has 0 atom stereocenters. The van der Waals surface area contributed by atoms with Gasteiger partial charge in [0.25, 0.3) is 0 Å². The molecule has 2 heterocycles. The third-order valence-corrected chi connectivity index (χ3v) is 3.63. The predicted molar refractivity (Wildman–Crippen MR) is 75.8 cm³/mol. The molecule has 0 unspecified atom stereocenters. The van der Waals surface area contributed by atoms with Gasteiger partial charge in [-0.2, -0.15) is 0 Å². The van der Waals surface area contributed by atoms with E-state index in [0.29, 0.717) is 6.54 Å². The average molecular weight is 262 g/mol. The Labute approximate surface area is 111 Å². The summed E-state index contributed by atoms with van der Waals surface area (Å²) in [6, 6.07) is 4.05. The van der Waals surface area contributed by atoms with E-state index < -0.39 is 0 Å². The maximum atomic E-state index is 5.60. The van der Waals surface area contributed by atoms with E-state index in [2.05, 4.69) is 26.3 Å². The molecule has 4 nitrogen and oxygen atoms in total. The minimum atomic E-state index is 0.702. The predicted octanol–water partition coefficient (Wildman–Crippen LogP) is 2.20. The van der Waals surface area contributed by atoms with Gasteiger partial charge in [-0.3, -0.25) is 4.98 Å². The molecule has 0 bridgehead atoms. The molecule has 2 aromatic heterocycles. The van der Waals surface area contributed by atoms with E-state index in [9.17, 15) is 0 Å². The van der Waals surface area contributed by atoms with Gasteiger partial charge in [-0.1, -0.05) is 6.07 Å². The summed E-state index contributed by atoms with van der Waals surface area (Å²) >= 11 is 1.68. The van der Waals surface area contributed by atoms with Crippen LogP contribution < -0.4 is 10.6 Å². The molecule has 0 aromatic carbocycles. The topological polar surface area (TPSA) is 55.0 Å². The maximum Gasteiger partial charge on any atom is 0.185 e. The largest absolute Gasteiger partial charge is 0.344 e. The summed E-state index contributed by atoms with van der Waals surface area (Å²) in [6.07, 6.45) is 4.66. The summed E-state index contributed by atoms with van der Waals surface area (Å²) in [4.78, 5) is 11.0. The van der Waals surface area contributed by atoms with Crippen LogP contribution in [0.3, 0.4) is 0 Å². The van der Waals surface area contributed by atoms with Crippen LogP contribution in [0.2, 0.25) is 0 Å². The standard InChI is InChI=1S/C13H18N4S/c1-11-10-18-13(16-11)17(7-3-5-14)9-12-4-2-6-15-8-12/h2,4,6,8,10H,3,5,7,9,14H2,1H3. The number of hydrogen-bond acceptors (Lipinski definition) is 5. The van der Waals surface area contributed by atoms with Crippen LogP contribution in [0.1, 0.15) is 17.7 Å². The number of rotatable bonds is 6. The molecule has 0 aliphatic rings. The van der Waals surface area contributed by atoms with Crippen LogP contribution in [-0.2, 0) is 6.54 Å². The van der Waals surface area contributed by atoms with Gasteiger partial charge < -0.3 is 10.6 Å². The first-order chi connectivity index (χ1) is 8.79. The summed E-state index contributed by atoms with van der Waals surface area (Å²) in [6.45, 7) is 4.48. The summed E-state index contributed by atoms with van der Waals surface area (Å²) < 4.78 is 0. The van der Waals surface area contributed by atoms with Gasteiger partial charge in [-0.05, 0) is 31.5 Å². The molecule has 2 aromatic rings. The zero-order valence-corrected chi connectivity index (χ0v) is 11.4. The second kappa shape index (κ2) is 6.47. The monoisotopic (exact) mass is 262 g/mol. The molecule has 0 aliphatic heterocycles. The quantitative estimate of drug-likeness (QED) is 0.867. The lowest BCUT2D eigenvalue weighted by molar-refractivity contribution is 0.731. The number of anilines is 1. The van der Waals surface area contributed by atoms with E-state index in [0.717, 1.165) is 30.3 Å². The van der Waals surface area contributed by atoms with E-state index in [1.165, 1.54) is 5.56 Å². The highest BCUT2D eigenvalue weighted by Crippen LogP contribution is 2.22. The summed E-state index contributed by atoms with van der Waals surface area (Å²) in [7, 11) is 0. The Bertz CT molecular complexity index is 469. The van der Waals surface area contributed by atoms with Crippen LogP contribution in [0.25, 0.3) is 0 Å². The maximum absolute atomic E-state index is 5.60. The second-order valence-corrected chi connectivity index (χ2v) is 5.03. The minimum absolute atomic E-state index is 0.702. The van der Waals surface area contributed by atoms with Crippen LogP contribution in [0.4, 0.5) is 5.13 Å². The van der Waals surface area contributed by atoms with Crippen molar-refractivity contribution in [1.82, 2.24) is 9.97 Å². The van der Waals surface area contributed by atoms with Gasteiger partial charge in [0.15, 0.2) is 5.13 Å². The lowest BCUT2D eigenvalue weighted by Gasteiger charge is -2.21. The third kappa shape index (κ3) is 3.51.